The molecule has 9 heteroatoms. The van der Waals surface area contributed by atoms with Gasteiger partial charge in [0.1, 0.15) is 5.92 Å². The molecule has 35 heavy (non-hydrogen) atoms. The first-order valence-electron chi connectivity index (χ1n) is 11.5. The molecule has 3 rings (SSSR count). The van der Waals surface area contributed by atoms with Gasteiger partial charge in [0.05, 0.1) is 46.5 Å². The number of esters is 2. The molecule has 0 saturated heterocycles. The number of methoxy groups -OCH3 is 4. The van der Waals surface area contributed by atoms with E-state index < -0.39 is 29.6 Å². The molecule has 1 N–H and O–H groups in total. The maximum atomic E-state index is 13.9. The van der Waals surface area contributed by atoms with E-state index in [0.29, 0.717) is 52.6 Å². The highest BCUT2D eigenvalue weighted by Gasteiger charge is 2.48. The summed E-state index contributed by atoms with van der Waals surface area (Å²) in [5.41, 5.74) is 2.35. The van der Waals surface area contributed by atoms with Crippen LogP contribution < -0.4 is 19.5 Å². The minimum atomic E-state index is -0.986. The first-order valence-corrected chi connectivity index (χ1v) is 11.5. The first-order chi connectivity index (χ1) is 16.7. The fourth-order valence-electron chi connectivity index (χ4n) is 4.89. The van der Waals surface area contributed by atoms with E-state index >= 15 is 0 Å². The molecule has 1 aliphatic carbocycles. The van der Waals surface area contributed by atoms with Gasteiger partial charge in [0.2, 0.25) is 5.75 Å². The largest absolute Gasteiger partial charge is 0.493 e. The molecule has 0 saturated carbocycles. The number of ketones is 1. The molecule has 0 aromatic heterocycles. The lowest BCUT2D eigenvalue weighted by molar-refractivity contribution is -0.151. The van der Waals surface area contributed by atoms with Crippen LogP contribution in [0, 0.1) is 11.8 Å². The van der Waals surface area contributed by atoms with Gasteiger partial charge in [0, 0.05) is 22.5 Å². The van der Waals surface area contributed by atoms with Crippen LogP contribution in [0.2, 0.25) is 0 Å². The number of carbonyl (C=O) groups excluding carboxylic acids is 3. The third-order valence-corrected chi connectivity index (χ3v) is 6.45. The Labute approximate surface area is 205 Å². The number of Topliss-reactive ketones (excluding diaryl/α,β-unsaturated/α-hetero) is 1. The van der Waals surface area contributed by atoms with Gasteiger partial charge < -0.3 is 29.0 Å². The van der Waals surface area contributed by atoms with Crippen LogP contribution >= 0.6 is 0 Å². The number of nitrogens with one attached hydrogen (secondary N) is 1. The monoisotopic (exact) mass is 487 g/mol. The minimum Gasteiger partial charge on any atom is -0.493 e. The molecular formula is C26H33NO8. The lowest BCUT2D eigenvalue weighted by Crippen LogP contribution is -2.43. The smallest absolute Gasteiger partial charge is 0.336 e. The fraction of sp³-hybridized carbons (Fsp3) is 0.500. The highest BCUT2D eigenvalue weighted by molar-refractivity contribution is 6.12. The maximum Gasteiger partial charge on any atom is 0.336 e. The van der Waals surface area contributed by atoms with Crippen LogP contribution in [0.25, 0.3) is 0 Å². The van der Waals surface area contributed by atoms with E-state index in [0.717, 1.165) is 0 Å². The van der Waals surface area contributed by atoms with Gasteiger partial charge in [-0.1, -0.05) is 19.9 Å². The fourth-order valence-corrected chi connectivity index (χ4v) is 4.89. The highest BCUT2D eigenvalue weighted by Crippen LogP contribution is 2.51. The zero-order valence-corrected chi connectivity index (χ0v) is 21.3. The van der Waals surface area contributed by atoms with Crippen molar-refractivity contribution in [2.75, 3.05) is 35.0 Å². The summed E-state index contributed by atoms with van der Waals surface area (Å²) in [5, 5.41) is 3.24. The Morgan fingerprint density at radius 1 is 1.06 bits per heavy atom. The van der Waals surface area contributed by atoms with Gasteiger partial charge in [-0.2, -0.15) is 0 Å². The number of allylic oxidation sites excluding steroid dienone is 3. The van der Waals surface area contributed by atoms with Crippen LogP contribution in [0.3, 0.4) is 0 Å². The van der Waals surface area contributed by atoms with E-state index in [-0.39, 0.29) is 18.1 Å². The van der Waals surface area contributed by atoms with Gasteiger partial charge in [-0.15, -0.1) is 0 Å². The highest BCUT2D eigenvalue weighted by atomic mass is 16.5. The van der Waals surface area contributed by atoms with Crippen LogP contribution in [-0.2, 0) is 23.9 Å². The van der Waals surface area contributed by atoms with Crippen molar-refractivity contribution in [3.63, 3.8) is 0 Å². The minimum absolute atomic E-state index is 0.229. The summed E-state index contributed by atoms with van der Waals surface area (Å²) in [6.07, 6.45) is 1.08. The Morgan fingerprint density at radius 3 is 2.31 bits per heavy atom. The van der Waals surface area contributed by atoms with Gasteiger partial charge in [-0.3, -0.25) is 9.59 Å². The Hall–Kier alpha value is -3.49. The van der Waals surface area contributed by atoms with Gasteiger partial charge in [0.25, 0.3) is 0 Å². The molecule has 0 bridgehead atoms. The quantitative estimate of drug-likeness (QED) is 0.436. The molecule has 1 heterocycles. The molecule has 0 amide bonds. The van der Waals surface area contributed by atoms with Crippen LogP contribution in [-0.4, -0.2) is 52.8 Å². The number of rotatable bonds is 8. The number of hydrogen-bond donors (Lipinski definition) is 1. The van der Waals surface area contributed by atoms with Gasteiger partial charge in [-0.05, 0) is 31.7 Å². The van der Waals surface area contributed by atoms with E-state index in [1.807, 2.05) is 13.8 Å². The first kappa shape index (κ1) is 26.1. The third kappa shape index (κ3) is 4.59. The van der Waals surface area contributed by atoms with E-state index in [1.165, 1.54) is 28.4 Å². The topological polar surface area (TPSA) is 109 Å². The van der Waals surface area contributed by atoms with Gasteiger partial charge in [0.15, 0.2) is 17.3 Å². The number of ether oxygens (including phenoxy) is 5. The summed E-state index contributed by atoms with van der Waals surface area (Å²) in [6, 6.07) is 3.43. The zero-order chi connectivity index (χ0) is 25.9. The molecule has 1 aromatic rings. The van der Waals surface area contributed by atoms with E-state index in [9.17, 15) is 14.4 Å². The summed E-state index contributed by atoms with van der Waals surface area (Å²) in [4.78, 5) is 39.7. The Morgan fingerprint density at radius 2 is 1.74 bits per heavy atom. The second kappa shape index (κ2) is 10.8. The van der Waals surface area contributed by atoms with Crippen molar-refractivity contribution in [3.05, 3.63) is 40.2 Å². The Kier molecular flexibility index (Phi) is 8.09. The van der Waals surface area contributed by atoms with Gasteiger partial charge >= 0.3 is 11.9 Å². The van der Waals surface area contributed by atoms with Crippen LogP contribution in [0.5, 0.6) is 17.2 Å². The molecule has 0 fully saturated rings. The molecule has 0 unspecified atom stereocenters. The Bertz CT molecular complexity index is 1090. The molecular weight excluding hydrogens is 454 g/mol. The van der Waals surface area contributed by atoms with E-state index in [1.54, 1.807) is 19.1 Å². The average Bonchev–Trinajstić information content (AvgIpc) is 2.84. The van der Waals surface area contributed by atoms with Crippen molar-refractivity contribution >= 4 is 17.7 Å². The number of dihydropyridines is 1. The lowest BCUT2D eigenvalue weighted by atomic mass is 9.69. The molecule has 3 atom stereocenters. The van der Waals surface area contributed by atoms with Crippen LogP contribution in [0.1, 0.15) is 45.1 Å². The molecule has 1 aromatic carbocycles. The summed E-state index contributed by atoms with van der Waals surface area (Å²) >= 11 is 0. The predicted octanol–water partition coefficient (Wildman–Crippen LogP) is 3.28. The van der Waals surface area contributed by atoms with Crippen LogP contribution in [0.4, 0.5) is 0 Å². The average molecular weight is 488 g/mol. The molecule has 190 valence electrons. The van der Waals surface area contributed by atoms with Crippen molar-refractivity contribution < 1.29 is 38.1 Å². The Balaban J connectivity index is 2.30. The van der Waals surface area contributed by atoms with E-state index in [4.69, 9.17) is 23.7 Å². The molecule has 9 nitrogen and oxygen atoms in total. The van der Waals surface area contributed by atoms with Crippen molar-refractivity contribution in [1.82, 2.24) is 5.32 Å². The number of hydrogen-bond acceptors (Lipinski definition) is 9. The normalized spacial score (nSPS) is 21.7. The SMILES string of the molecule is CCCOC(=O)C1=C(C)NC2=C(C(=O)[C@@H](C(=O)OC)[C@H](C)C2)[C@@H]1c1ccc(OC)c(OC)c1OC. The van der Waals surface area contributed by atoms with Crippen molar-refractivity contribution in [2.45, 2.75) is 39.5 Å². The molecule has 2 aliphatic rings. The summed E-state index contributed by atoms with van der Waals surface area (Å²) in [6.45, 7) is 5.73. The molecule has 0 spiro atoms. The van der Waals surface area contributed by atoms with Crippen LogP contribution in [0.15, 0.2) is 34.7 Å². The summed E-state index contributed by atoms with van der Waals surface area (Å²) in [7, 11) is 5.73. The zero-order valence-electron chi connectivity index (χ0n) is 21.3. The lowest BCUT2D eigenvalue weighted by Gasteiger charge is -2.38. The third-order valence-electron chi connectivity index (χ3n) is 6.45. The van der Waals surface area contributed by atoms with E-state index in [2.05, 4.69) is 5.32 Å². The second-order valence-corrected chi connectivity index (χ2v) is 8.59. The van der Waals surface area contributed by atoms with Crippen molar-refractivity contribution in [2.24, 2.45) is 11.8 Å². The number of carbonyl (C=O) groups is 3. The maximum absolute atomic E-state index is 13.9. The standard InChI is InChI=1S/C26H33NO8/c1-8-11-35-26(30)19-14(3)27-16-12-13(2)18(25(29)34-7)22(28)21(16)20(19)15-9-10-17(31-4)24(33-6)23(15)32-5/h9-10,13,18,20,27H,8,11-12H2,1-7H3/t13-,18+,20-/m1/s1. The second-order valence-electron chi connectivity index (χ2n) is 8.59. The molecule has 0 radical (unpaired) electrons. The van der Waals surface area contributed by atoms with Crippen molar-refractivity contribution in [1.29, 1.82) is 0 Å². The van der Waals surface area contributed by atoms with Crippen molar-refractivity contribution in [3.8, 4) is 17.2 Å². The number of benzene rings is 1. The summed E-state index contributed by atoms with van der Waals surface area (Å²) < 4.78 is 27.1. The molecule has 1 aliphatic heterocycles. The van der Waals surface area contributed by atoms with Gasteiger partial charge in [-0.25, -0.2) is 4.79 Å². The summed E-state index contributed by atoms with van der Waals surface area (Å²) in [5.74, 6) is -2.59. The predicted molar refractivity (Wildman–Crippen MR) is 127 cm³/mol.